The van der Waals surface area contributed by atoms with E-state index in [1.165, 1.54) is 44.4 Å². The van der Waals surface area contributed by atoms with Crippen LogP contribution in [0.5, 0.6) is 0 Å². The molecule has 9 heteroatoms. The molecule has 7 rings (SSSR count). The van der Waals surface area contributed by atoms with E-state index in [9.17, 15) is 9.18 Å². The van der Waals surface area contributed by atoms with Crippen LogP contribution in [0.15, 0.2) is 48.9 Å². The fourth-order valence-electron chi connectivity index (χ4n) is 7.16. The molecule has 4 aromatic rings. The normalized spacial score (nSPS) is 23.9. The van der Waals surface area contributed by atoms with E-state index in [4.69, 9.17) is 10.1 Å². The first-order valence-electron chi connectivity index (χ1n) is 13.8. The van der Waals surface area contributed by atoms with Gasteiger partial charge in [0.05, 0.1) is 23.9 Å². The topological polar surface area (TPSA) is 80.3 Å². The largest absolute Gasteiger partial charge is 0.326 e. The second-order valence-corrected chi connectivity index (χ2v) is 11.2. The Kier molecular flexibility index (Phi) is 5.95. The average molecular weight is 514 g/mol. The standard InChI is InChI=1S/C29H32FN7O/c30-23-5-3-20(4-6-23)28-29(25-7-8-27-33-26(32-18-38)16-37(27)34-25)36(17-31-28)24-9-11-35(12-10-24)15-22-14-19-1-2-21(22)13-19/h3-8,16-19,21-22,24H,1-2,9-15H2,(H,32,38). The van der Waals surface area contributed by atoms with Crippen molar-refractivity contribution < 1.29 is 9.18 Å². The molecule has 2 bridgehead atoms. The molecule has 4 heterocycles. The molecule has 1 aromatic carbocycles. The van der Waals surface area contributed by atoms with Crippen LogP contribution in [0.25, 0.3) is 28.3 Å². The number of benzene rings is 1. The zero-order valence-electron chi connectivity index (χ0n) is 21.3. The smallest absolute Gasteiger partial charge is 0.212 e. The molecule has 3 aromatic heterocycles. The Morgan fingerprint density at radius 3 is 2.61 bits per heavy atom. The number of piperidine rings is 1. The number of aromatic nitrogens is 5. The Bertz CT molecular complexity index is 1450. The van der Waals surface area contributed by atoms with Gasteiger partial charge in [-0.3, -0.25) is 4.79 Å². The van der Waals surface area contributed by atoms with Gasteiger partial charge in [0.1, 0.15) is 11.5 Å². The Labute approximate surface area is 220 Å². The van der Waals surface area contributed by atoms with Crippen molar-refractivity contribution >= 4 is 17.9 Å². The highest BCUT2D eigenvalue weighted by atomic mass is 19.1. The summed E-state index contributed by atoms with van der Waals surface area (Å²) in [4.78, 5) is 22.8. The molecular weight excluding hydrogens is 481 g/mol. The van der Waals surface area contributed by atoms with Crippen molar-refractivity contribution in [3.8, 4) is 22.6 Å². The lowest BCUT2D eigenvalue weighted by atomic mass is 9.88. The highest BCUT2D eigenvalue weighted by molar-refractivity contribution is 5.77. The summed E-state index contributed by atoms with van der Waals surface area (Å²) in [6.07, 6.45) is 12.1. The van der Waals surface area contributed by atoms with E-state index < -0.39 is 0 Å². The number of imidazole rings is 2. The number of carbonyl (C=O) groups excluding carboxylic acids is 1. The summed E-state index contributed by atoms with van der Waals surface area (Å²) in [6.45, 7) is 3.44. The van der Waals surface area contributed by atoms with Gasteiger partial charge in [0.2, 0.25) is 6.41 Å². The number of rotatable bonds is 7. The summed E-state index contributed by atoms with van der Waals surface area (Å²) in [7, 11) is 0. The third-order valence-corrected chi connectivity index (χ3v) is 9.01. The predicted octanol–water partition coefficient (Wildman–Crippen LogP) is 5.04. The van der Waals surface area contributed by atoms with E-state index in [0.717, 1.165) is 66.3 Å². The van der Waals surface area contributed by atoms with Crippen molar-refractivity contribution in [3.63, 3.8) is 0 Å². The zero-order chi connectivity index (χ0) is 25.6. The molecule has 196 valence electrons. The molecule has 2 saturated carbocycles. The van der Waals surface area contributed by atoms with E-state index in [2.05, 4.69) is 19.8 Å². The third-order valence-electron chi connectivity index (χ3n) is 9.01. The molecule has 1 saturated heterocycles. The maximum Gasteiger partial charge on any atom is 0.212 e. The minimum absolute atomic E-state index is 0.272. The Morgan fingerprint density at radius 2 is 1.87 bits per heavy atom. The van der Waals surface area contributed by atoms with Gasteiger partial charge in [0.25, 0.3) is 0 Å². The SMILES string of the molecule is O=CNc1cn2nc(-c3c(-c4ccc(F)cc4)ncn3C3CCN(CC4CC5CCC4C5)CC3)ccc2n1. The summed E-state index contributed by atoms with van der Waals surface area (Å²) in [6, 6.07) is 10.6. The summed E-state index contributed by atoms with van der Waals surface area (Å²) in [5, 5.41) is 7.42. The van der Waals surface area contributed by atoms with Gasteiger partial charge in [-0.2, -0.15) is 5.10 Å². The third kappa shape index (κ3) is 4.28. The van der Waals surface area contributed by atoms with Crippen molar-refractivity contribution in [2.45, 2.75) is 44.6 Å². The van der Waals surface area contributed by atoms with Gasteiger partial charge in [0, 0.05) is 31.2 Å². The number of hydrogen-bond donors (Lipinski definition) is 1. The lowest BCUT2D eigenvalue weighted by molar-refractivity contribution is -0.105. The molecule has 0 radical (unpaired) electrons. The maximum absolute atomic E-state index is 13.7. The van der Waals surface area contributed by atoms with E-state index in [-0.39, 0.29) is 5.82 Å². The van der Waals surface area contributed by atoms with E-state index >= 15 is 0 Å². The number of hydrogen-bond acceptors (Lipinski definition) is 5. The molecule has 8 nitrogen and oxygen atoms in total. The Balaban J connectivity index is 1.18. The van der Waals surface area contributed by atoms with Gasteiger partial charge in [-0.25, -0.2) is 18.9 Å². The van der Waals surface area contributed by atoms with Gasteiger partial charge in [-0.15, -0.1) is 0 Å². The Morgan fingerprint density at radius 1 is 1.03 bits per heavy atom. The highest BCUT2D eigenvalue weighted by Crippen LogP contribution is 2.48. The van der Waals surface area contributed by atoms with Gasteiger partial charge in [-0.1, -0.05) is 6.42 Å². The van der Waals surface area contributed by atoms with Crippen molar-refractivity contribution in [2.75, 3.05) is 25.0 Å². The second kappa shape index (κ2) is 9.62. The molecule has 3 unspecified atom stereocenters. The summed E-state index contributed by atoms with van der Waals surface area (Å²) in [5.74, 6) is 3.02. The van der Waals surface area contributed by atoms with Crippen molar-refractivity contribution in [3.05, 3.63) is 54.7 Å². The quantitative estimate of drug-likeness (QED) is 0.350. The van der Waals surface area contributed by atoms with E-state index in [0.29, 0.717) is 23.9 Å². The molecule has 0 spiro atoms. The number of halogens is 1. The van der Waals surface area contributed by atoms with Crippen molar-refractivity contribution in [2.24, 2.45) is 17.8 Å². The second-order valence-electron chi connectivity index (χ2n) is 11.2. The zero-order valence-corrected chi connectivity index (χ0v) is 21.3. The minimum Gasteiger partial charge on any atom is -0.326 e. The fraction of sp³-hybridized carbons (Fsp3) is 0.448. The molecule has 2 aliphatic carbocycles. The lowest BCUT2D eigenvalue weighted by Crippen LogP contribution is -2.38. The number of fused-ring (bicyclic) bond motifs is 3. The van der Waals surface area contributed by atoms with Gasteiger partial charge in [0.15, 0.2) is 11.5 Å². The van der Waals surface area contributed by atoms with Gasteiger partial charge < -0.3 is 14.8 Å². The predicted molar refractivity (Wildman–Crippen MR) is 143 cm³/mol. The number of amides is 1. The first-order chi connectivity index (χ1) is 18.6. The van der Waals surface area contributed by atoms with Crippen LogP contribution < -0.4 is 5.32 Å². The van der Waals surface area contributed by atoms with Crippen molar-refractivity contribution in [1.82, 2.24) is 29.0 Å². The fourth-order valence-corrected chi connectivity index (χ4v) is 7.16. The molecule has 1 aliphatic heterocycles. The van der Waals surface area contributed by atoms with Gasteiger partial charge >= 0.3 is 0 Å². The van der Waals surface area contributed by atoms with Crippen LogP contribution in [0.3, 0.4) is 0 Å². The number of nitrogens with one attached hydrogen (secondary N) is 1. The van der Waals surface area contributed by atoms with Crippen LogP contribution in [0.4, 0.5) is 10.2 Å². The summed E-state index contributed by atoms with van der Waals surface area (Å²) >= 11 is 0. The van der Waals surface area contributed by atoms with Crippen LogP contribution >= 0.6 is 0 Å². The van der Waals surface area contributed by atoms with Crippen molar-refractivity contribution in [1.29, 1.82) is 0 Å². The molecular formula is C29H32FN7O. The summed E-state index contributed by atoms with van der Waals surface area (Å²) < 4.78 is 17.6. The van der Waals surface area contributed by atoms with E-state index in [1.807, 2.05) is 18.5 Å². The van der Waals surface area contributed by atoms with Crippen LogP contribution in [-0.4, -0.2) is 55.1 Å². The number of nitrogens with zero attached hydrogens (tertiary/aromatic N) is 6. The first-order valence-corrected chi connectivity index (χ1v) is 13.8. The van der Waals surface area contributed by atoms with Crippen LogP contribution in [0, 0.1) is 23.6 Å². The maximum atomic E-state index is 13.7. The minimum atomic E-state index is -0.272. The monoisotopic (exact) mass is 513 g/mol. The average Bonchev–Trinajstić information content (AvgIpc) is 3.73. The van der Waals surface area contributed by atoms with Gasteiger partial charge in [-0.05, 0) is 86.3 Å². The lowest BCUT2D eigenvalue weighted by Gasteiger charge is -2.36. The highest BCUT2D eigenvalue weighted by Gasteiger charge is 2.40. The van der Waals surface area contributed by atoms with Crippen LogP contribution in [0.1, 0.15) is 44.6 Å². The van der Waals surface area contributed by atoms with Crippen LogP contribution in [0.2, 0.25) is 0 Å². The molecule has 38 heavy (non-hydrogen) atoms. The number of likely N-dealkylation sites (tertiary alicyclic amines) is 1. The Hall–Kier alpha value is -3.59. The number of anilines is 1. The van der Waals surface area contributed by atoms with Crippen LogP contribution in [-0.2, 0) is 4.79 Å². The van der Waals surface area contributed by atoms with E-state index in [1.54, 1.807) is 22.8 Å². The molecule has 3 atom stereocenters. The summed E-state index contributed by atoms with van der Waals surface area (Å²) in [5.41, 5.74) is 3.95. The molecule has 3 aliphatic rings. The molecule has 3 fully saturated rings. The number of carbonyl (C=O) groups is 1. The first kappa shape index (κ1) is 23.5. The molecule has 1 N–H and O–H groups in total. The molecule has 1 amide bonds.